The molecule has 4 N–H and O–H groups in total. The number of carbonyl (C=O) groups excluding carboxylic acids is 2. The normalized spacial score (nSPS) is 11.5. The number of nitrogens with two attached hydrogens (primary N) is 1. The number of amides is 2. The van der Waals surface area contributed by atoms with Crippen LogP contribution in [0.4, 0.5) is 11.4 Å². The van der Waals surface area contributed by atoms with Gasteiger partial charge in [-0.15, -0.1) is 0 Å². The van der Waals surface area contributed by atoms with Crippen LogP contribution in [0, 0.1) is 0 Å². The number of hydrogen-bond acceptors (Lipinski definition) is 5. The van der Waals surface area contributed by atoms with Crippen molar-refractivity contribution in [3.63, 3.8) is 0 Å². The van der Waals surface area contributed by atoms with Crippen LogP contribution in [0.15, 0.2) is 48.5 Å². The average Bonchev–Trinajstić information content (AvgIpc) is 2.66. The van der Waals surface area contributed by atoms with Crippen molar-refractivity contribution in [1.29, 1.82) is 0 Å². The summed E-state index contributed by atoms with van der Waals surface area (Å²) in [4.78, 5) is 25.0. The Morgan fingerprint density at radius 2 is 1.93 bits per heavy atom. The van der Waals surface area contributed by atoms with Gasteiger partial charge in [-0.05, 0) is 42.2 Å². The molecule has 0 fully saturated rings. The molecule has 0 bridgehead atoms. The first kappa shape index (κ1) is 20.6. The summed E-state index contributed by atoms with van der Waals surface area (Å²) in [6.45, 7) is 0. The molecule has 0 aliphatic rings. The number of methoxy groups -OCH3 is 1. The van der Waals surface area contributed by atoms with Gasteiger partial charge in [0.2, 0.25) is 11.8 Å². The quantitative estimate of drug-likeness (QED) is 0.575. The number of rotatable bonds is 9. The van der Waals surface area contributed by atoms with Gasteiger partial charge in [-0.3, -0.25) is 9.59 Å². The minimum Gasteiger partial charge on any atom is -0.495 e. The third-order valence-electron chi connectivity index (χ3n) is 3.97. The Morgan fingerprint density at radius 3 is 2.56 bits per heavy atom. The lowest BCUT2D eigenvalue weighted by Crippen LogP contribution is -2.44. The van der Waals surface area contributed by atoms with E-state index in [0.29, 0.717) is 23.5 Å². The standard InChI is InChI=1S/C20H25N3O3S/c1-26-18-9-8-15(13-16(18)21)22-20(25)17(10-11-27-2)23-19(24)12-14-6-4-3-5-7-14/h3-9,13,17H,10-12,21H2,1-2H3,(H,22,25)(H,23,24). The second-order valence-electron chi connectivity index (χ2n) is 6.01. The number of benzene rings is 2. The topological polar surface area (TPSA) is 93.5 Å². The molecule has 0 saturated heterocycles. The highest BCUT2D eigenvalue weighted by atomic mass is 32.2. The number of nitrogens with one attached hydrogen (secondary N) is 2. The van der Waals surface area contributed by atoms with Crippen LogP contribution in [-0.4, -0.2) is 37.0 Å². The fraction of sp³-hybridized carbons (Fsp3) is 0.300. The third-order valence-corrected chi connectivity index (χ3v) is 4.61. The molecule has 2 aromatic rings. The molecule has 144 valence electrons. The number of thioether (sulfide) groups is 1. The Kier molecular flexibility index (Phi) is 8.00. The molecule has 6 nitrogen and oxygen atoms in total. The van der Waals surface area contributed by atoms with Crippen molar-refractivity contribution >= 4 is 35.0 Å². The molecule has 1 unspecified atom stereocenters. The number of ether oxygens (including phenoxy) is 1. The highest BCUT2D eigenvalue weighted by molar-refractivity contribution is 7.98. The number of anilines is 2. The summed E-state index contributed by atoms with van der Waals surface area (Å²) < 4.78 is 5.12. The molecule has 2 amide bonds. The minimum absolute atomic E-state index is 0.184. The molecule has 7 heteroatoms. The minimum atomic E-state index is -0.614. The van der Waals surface area contributed by atoms with E-state index in [2.05, 4.69) is 10.6 Å². The van der Waals surface area contributed by atoms with Gasteiger partial charge in [0.05, 0.1) is 19.2 Å². The molecular formula is C20H25N3O3S. The maximum absolute atomic E-state index is 12.7. The monoisotopic (exact) mass is 387 g/mol. The summed E-state index contributed by atoms with van der Waals surface area (Å²) in [7, 11) is 1.53. The van der Waals surface area contributed by atoms with E-state index in [1.807, 2.05) is 36.6 Å². The van der Waals surface area contributed by atoms with Gasteiger partial charge < -0.3 is 21.1 Å². The first-order valence-electron chi connectivity index (χ1n) is 8.60. The van der Waals surface area contributed by atoms with Gasteiger partial charge in [-0.2, -0.15) is 11.8 Å². The Balaban J connectivity index is 2.02. The third kappa shape index (κ3) is 6.53. The molecule has 0 aliphatic heterocycles. The number of carbonyl (C=O) groups is 2. The van der Waals surface area contributed by atoms with Crippen molar-refractivity contribution in [3.05, 3.63) is 54.1 Å². The van der Waals surface area contributed by atoms with E-state index < -0.39 is 6.04 Å². The molecule has 0 heterocycles. The van der Waals surface area contributed by atoms with Crippen molar-refractivity contribution < 1.29 is 14.3 Å². The van der Waals surface area contributed by atoms with Gasteiger partial charge in [0.1, 0.15) is 11.8 Å². The fourth-order valence-electron chi connectivity index (χ4n) is 2.57. The van der Waals surface area contributed by atoms with Crippen molar-refractivity contribution in [3.8, 4) is 5.75 Å². The van der Waals surface area contributed by atoms with Crippen molar-refractivity contribution in [2.24, 2.45) is 0 Å². The highest BCUT2D eigenvalue weighted by Gasteiger charge is 2.21. The molecule has 1 atom stereocenters. The number of nitrogen functional groups attached to an aromatic ring is 1. The first-order chi connectivity index (χ1) is 13.0. The predicted octanol–water partition coefficient (Wildman–Crippen LogP) is 2.70. The van der Waals surface area contributed by atoms with E-state index in [9.17, 15) is 9.59 Å². The SMILES string of the molecule is COc1ccc(NC(=O)C(CCSC)NC(=O)Cc2ccccc2)cc1N. The molecule has 2 rings (SSSR count). The van der Waals surface area contributed by atoms with E-state index in [4.69, 9.17) is 10.5 Å². The van der Waals surface area contributed by atoms with E-state index in [1.54, 1.807) is 30.0 Å². The summed E-state index contributed by atoms with van der Waals surface area (Å²) in [6, 6.07) is 13.9. The van der Waals surface area contributed by atoms with Crippen LogP contribution < -0.4 is 21.1 Å². The second-order valence-corrected chi connectivity index (χ2v) is 7.00. The maximum atomic E-state index is 12.7. The molecule has 0 spiro atoms. The second kappa shape index (κ2) is 10.5. The van der Waals surface area contributed by atoms with Gasteiger partial charge in [0.15, 0.2) is 0 Å². The summed E-state index contributed by atoms with van der Waals surface area (Å²) in [5, 5.41) is 5.65. The Morgan fingerprint density at radius 1 is 1.19 bits per heavy atom. The van der Waals surface area contributed by atoms with E-state index in [1.165, 1.54) is 7.11 Å². The van der Waals surface area contributed by atoms with Gasteiger partial charge in [-0.1, -0.05) is 30.3 Å². The van der Waals surface area contributed by atoms with Gasteiger partial charge >= 0.3 is 0 Å². The predicted molar refractivity (Wildman–Crippen MR) is 111 cm³/mol. The number of hydrogen-bond donors (Lipinski definition) is 3. The lowest BCUT2D eigenvalue weighted by atomic mass is 10.1. The highest BCUT2D eigenvalue weighted by Crippen LogP contribution is 2.24. The van der Waals surface area contributed by atoms with Gasteiger partial charge in [0, 0.05) is 5.69 Å². The van der Waals surface area contributed by atoms with Crippen molar-refractivity contribution in [2.75, 3.05) is 30.2 Å². The van der Waals surface area contributed by atoms with Crippen molar-refractivity contribution in [1.82, 2.24) is 5.32 Å². The van der Waals surface area contributed by atoms with E-state index >= 15 is 0 Å². The Labute approximate surface area is 163 Å². The Bertz CT molecular complexity index is 768. The fourth-order valence-corrected chi connectivity index (χ4v) is 3.04. The maximum Gasteiger partial charge on any atom is 0.246 e. The summed E-state index contributed by atoms with van der Waals surface area (Å²) in [6.07, 6.45) is 2.74. The van der Waals surface area contributed by atoms with Crippen LogP contribution in [0.3, 0.4) is 0 Å². The molecule has 0 aliphatic carbocycles. The lowest BCUT2D eigenvalue weighted by molar-refractivity contribution is -0.126. The van der Waals surface area contributed by atoms with Crippen LogP contribution in [0.1, 0.15) is 12.0 Å². The molecular weight excluding hydrogens is 362 g/mol. The molecule has 2 aromatic carbocycles. The molecule has 27 heavy (non-hydrogen) atoms. The van der Waals surface area contributed by atoms with Gasteiger partial charge in [-0.25, -0.2) is 0 Å². The average molecular weight is 388 g/mol. The largest absolute Gasteiger partial charge is 0.495 e. The first-order valence-corrected chi connectivity index (χ1v) is 9.99. The zero-order valence-corrected chi connectivity index (χ0v) is 16.3. The van der Waals surface area contributed by atoms with Crippen molar-refractivity contribution in [2.45, 2.75) is 18.9 Å². The summed E-state index contributed by atoms with van der Waals surface area (Å²) in [5.74, 6) is 0.851. The molecule has 0 radical (unpaired) electrons. The molecule has 0 aromatic heterocycles. The smallest absolute Gasteiger partial charge is 0.246 e. The van der Waals surface area contributed by atoms with Gasteiger partial charge in [0.25, 0.3) is 0 Å². The van der Waals surface area contributed by atoms with Crippen LogP contribution in [0.5, 0.6) is 5.75 Å². The summed E-state index contributed by atoms with van der Waals surface area (Å²) in [5.41, 5.74) is 7.78. The van der Waals surface area contributed by atoms with Crippen LogP contribution >= 0.6 is 11.8 Å². The zero-order chi connectivity index (χ0) is 19.6. The van der Waals surface area contributed by atoms with E-state index in [0.717, 1.165) is 11.3 Å². The van der Waals surface area contributed by atoms with Crippen LogP contribution in [0.2, 0.25) is 0 Å². The van der Waals surface area contributed by atoms with Crippen LogP contribution in [-0.2, 0) is 16.0 Å². The summed E-state index contributed by atoms with van der Waals surface area (Å²) >= 11 is 1.62. The van der Waals surface area contributed by atoms with E-state index in [-0.39, 0.29) is 18.2 Å². The zero-order valence-electron chi connectivity index (χ0n) is 15.5. The Hall–Kier alpha value is -2.67. The molecule has 0 saturated carbocycles. The lowest BCUT2D eigenvalue weighted by Gasteiger charge is -2.18. The van der Waals surface area contributed by atoms with Crippen LogP contribution in [0.25, 0.3) is 0 Å².